The van der Waals surface area contributed by atoms with Crippen molar-refractivity contribution in [3.63, 3.8) is 0 Å². The summed E-state index contributed by atoms with van der Waals surface area (Å²) in [7, 11) is -3.61. The van der Waals surface area contributed by atoms with Gasteiger partial charge in [-0.25, -0.2) is 17.9 Å². The van der Waals surface area contributed by atoms with E-state index in [1.165, 1.54) is 0 Å². The number of benzene rings is 1. The summed E-state index contributed by atoms with van der Waals surface area (Å²) in [5.41, 5.74) is 0.318. The van der Waals surface area contributed by atoms with Crippen molar-refractivity contribution in [2.45, 2.75) is 55.5 Å². The molecule has 0 saturated carbocycles. The largest absolute Gasteiger partial charge is 0.444 e. The van der Waals surface area contributed by atoms with E-state index in [2.05, 4.69) is 20.7 Å². The molecule has 140 valence electrons. The molecule has 1 atom stereocenters. The van der Waals surface area contributed by atoms with E-state index < -0.39 is 21.7 Å². The molecule has 0 spiro atoms. The van der Waals surface area contributed by atoms with E-state index in [1.807, 2.05) is 26.8 Å². The smallest absolute Gasteiger partial charge is 0.410 e. The van der Waals surface area contributed by atoms with E-state index in [0.29, 0.717) is 11.9 Å². The van der Waals surface area contributed by atoms with Gasteiger partial charge in [0.05, 0.1) is 4.90 Å². The lowest BCUT2D eigenvalue weighted by Gasteiger charge is -2.28. The van der Waals surface area contributed by atoms with Crippen LogP contribution in [-0.4, -0.2) is 44.1 Å². The van der Waals surface area contributed by atoms with E-state index in [0.717, 1.165) is 18.4 Å². The minimum atomic E-state index is -3.61. The van der Waals surface area contributed by atoms with Gasteiger partial charge in [0.1, 0.15) is 5.60 Å². The molecule has 1 saturated heterocycles. The molecule has 1 N–H and O–H groups in total. The molecule has 25 heavy (non-hydrogen) atoms. The molecular formula is C17H25BrN2O4S. The molecule has 1 aliphatic rings. The molecule has 0 aliphatic carbocycles. The summed E-state index contributed by atoms with van der Waals surface area (Å²) in [5.74, 6) is 0. The second-order valence-corrected chi connectivity index (χ2v) is 9.43. The number of halogens is 1. The Labute approximate surface area is 158 Å². The van der Waals surface area contributed by atoms with E-state index in [9.17, 15) is 13.2 Å². The van der Waals surface area contributed by atoms with Gasteiger partial charge in [-0.1, -0.05) is 28.1 Å². The zero-order valence-electron chi connectivity index (χ0n) is 14.8. The van der Waals surface area contributed by atoms with Gasteiger partial charge in [0.15, 0.2) is 0 Å². The first-order valence-electron chi connectivity index (χ1n) is 8.26. The lowest BCUT2D eigenvalue weighted by atomic mass is 10.2. The zero-order valence-corrected chi connectivity index (χ0v) is 17.2. The van der Waals surface area contributed by atoms with Gasteiger partial charge >= 0.3 is 6.09 Å². The molecular weight excluding hydrogens is 408 g/mol. The van der Waals surface area contributed by atoms with Crippen LogP contribution in [-0.2, 0) is 20.1 Å². The first-order chi connectivity index (χ1) is 11.6. The Morgan fingerprint density at radius 2 is 2.12 bits per heavy atom. The molecule has 1 aromatic carbocycles. The number of nitrogens with one attached hydrogen (secondary N) is 1. The number of amides is 1. The average Bonchev–Trinajstić information content (AvgIpc) is 3.00. The van der Waals surface area contributed by atoms with E-state index in [1.54, 1.807) is 23.1 Å². The van der Waals surface area contributed by atoms with Crippen LogP contribution in [0, 0.1) is 0 Å². The van der Waals surface area contributed by atoms with Crippen LogP contribution in [0.4, 0.5) is 4.79 Å². The van der Waals surface area contributed by atoms with Gasteiger partial charge in [-0.2, -0.15) is 0 Å². The highest BCUT2D eigenvalue weighted by Gasteiger charge is 2.32. The maximum Gasteiger partial charge on any atom is 0.410 e. The van der Waals surface area contributed by atoms with Gasteiger partial charge in [0.25, 0.3) is 0 Å². The van der Waals surface area contributed by atoms with Crippen LogP contribution in [0.1, 0.15) is 39.2 Å². The van der Waals surface area contributed by atoms with E-state index in [-0.39, 0.29) is 17.5 Å². The molecule has 6 nitrogen and oxygen atoms in total. The third kappa shape index (κ3) is 5.69. The lowest BCUT2D eigenvalue weighted by molar-refractivity contribution is 0.0229. The summed E-state index contributed by atoms with van der Waals surface area (Å²) in [6.45, 7) is 6.21. The van der Waals surface area contributed by atoms with Crippen LogP contribution in [0.25, 0.3) is 0 Å². The quantitative estimate of drug-likeness (QED) is 0.724. The number of ether oxygens (including phenoxy) is 1. The number of nitrogens with zero attached hydrogens (tertiary/aromatic N) is 1. The van der Waals surface area contributed by atoms with Crippen LogP contribution in [0.3, 0.4) is 0 Å². The second kappa shape index (κ2) is 8.05. The van der Waals surface area contributed by atoms with Crippen molar-refractivity contribution in [2.24, 2.45) is 0 Å². The molecule has 1 amide bonds. The molecule has 1 aliphatic heterocycles. The Balaban J connectivity index is 2.02. The molecule has 2 rings (SSSR count). The van der Waals surface area contributed by atoms with Crippen molar-refractivity contribution < 1.29 is 17.9 Å². The number of hydrogen-bond acceptors (Lipinski definition) is 4. The second-order valence-electron chi connectivity index (χ2n) is 7.10. The Morgan fingerprint density at radius 3 is 2.76 bits per heavy atom. The highest BCUT2D eigenvalue weighted by atomic mass is 79.9. The lowest BCUT2D eigenvalue weighted by Crippen LogP contribution is -2.45. The first kappa shape index (κ1) is 20.2. The maximum absolute atomic E-state index is 12.5. The predicted molar refractivity (Wildman–Crippen MR) is 100 cm³/mol. The summed E-state index contributed by atoms with van der Waals surface area (Å²) >= 11 is 3.33. The molecule has 0 radical (unpaired) electrons. The molecule has 1 heterocycles. The first-order valence-corrected chi connectivity index (χ1v) is 10.9. The van der Waals surface area contributed by atoms with Crippen LogP contribution in [0.2, 0.25) is 0 Å². The van der Waals surface area contributed by atoms with Crippen molar-refractivity contribution in [3.05, 3.63) is 29.8 Å². The molecule has 0 aromatic heterocycles. The highest BCUT2D eigenvalue weighted by Crippen LogP contribution is 2.21. The zero-order chi connectivity index (χ0) is 18.7. The van der Waals surface area contributed by atoms with Crippen LogP contribution < -0.4 is 4.72 Å². The van der Waals surface area contributed by atoms with Gasteiger partial charge in [-0.3, -0.25) is 0 Å². The fourth-order valence-electron chi connectivity index (χ4n) is 2.69. The number of carbonyl (C=O) groups is 1. The number of alkyl halides is 1. The molecule has 1 unspecified atom stereocenters. The van der Waals surface area contributed by atoms with E-state index in [4.69, 9.17) is 4.74 Å². The maximum atomic E-state index is 12.5. The third-order valence-electron chi connectivity index (χ3n) is 3.88. The number of rotatable bonds is 5. The number of sulfonamides is 1. The van der Waals surface area contributed by atoms with Gasteiger partial charge < -0.3 is 9.64 Å². The third-order valence-corrected chi connectivity index (χ3v) is 5.95. The fourth-order valence-corrected chi connectivity index (χ4v) is 4.19. The summed E-state index contributed by atoms with van der Waals surface area (Å²) in [4.78, 5) is 14.1. The van der Waals surface area contributed by atoms with Crippen molar-refractivity contribution in [1.82, 2.24) is 9.62 Å². The summed E-state index contributed by atoms with van der Waals surface area (Å²) < 4.78 is 33.0. The standard InChI is InChI=1S/C17H25BrN2O4S/c1-17(2,3)24-16(21)20-9-5-7-14(20)12-19-25(22,23)15-8-4-6-13(10-15)11-18/h4,6,8,10,14,19H,5,7,9,11-12H2,1-3H3. The predicted octanol–water partition coefficient (Wildman–Crippen LogP) is 3.26. The Morgan fingerprint density at radius 1 is 1.40 bits per heavy atom. The molecule has 0 bridgehead atoms. The van der Waals surface area contributed by atoms with Crippen LogP contribution in [0.15, 0.2) is 29.2 Å². The van der Waals surface area contributed by atoms with Crippen molar-refractivity contribution in [3.8, 4) is 0 Å². The van der Waals surface area contributed by atoms with Crippen LogP contribution >= 0.6 is 15.9 Å². The van der Waals surface area contributed by atoms with Crippen molar-refractivity contribution >= 4 is 32.0 Å². The Hall–Kier alpha value is -1.12. The summed E-state index contributed by atoms with van der Waals surface area (Å²) in [6.07, 6.45) is 1.20. The molecule has 1 aromatic rings. The van der Waals surface area contributed by atoms with Crippen molar-refractivity contribution in [1.29, 1.82) is 0 Å². The minimum absolute atomic E-state index is 0.181. The monoisotopic (exact) mass is 432 g/mol. The average molecular weight is 433 g/mol. The summed E-state index contributed by atoms with van der Waals surface area (Å²) in [6, 6.07) is 6.58. The minimum Gasteiger partial charge on any atom is -0.444 e. The number of carbonyl (C=O) groups excluding carboxylic acids is 1. The van der Waals surface area contributed by atoms with Crippen molar-refractivity contribution in [2.75, 3.05) is 13.1 Å². The van der Waals surface area contributed by atoms with Gasteiger partial charge in [0, 0.05) is 24.5 Å². The number of likely N-dealkylation sites (tertiary alicyclic amines) is 1. The molecule has 1 fully saturated rings. The van der Waals surface area contributed by atoms with Crippen LogP contribution in [0.5, 0.6) is 0 Å². The Kier molecular flexibility index (Phi) is 6.51. The Bertz CT molecular complexity index is 716. The highest BCUT2D eigenvalue weighted by molar-refractivity contribution is 9.08. The SMILES string of the molecule is CC(C)(C)OC(=O)N1CCCC1CNS(=O)(=O)c1cccc(CBr)c1. The normalized spacial score (nSPS) is 18.4. The summed E-state index contributed by atoms with van der Waals surface area (Å²) in [5, 5.41) is 0.589. The van der Waals surface area contributed by atoms with Gasteiger partial charge in [-0.15, -0.1) is 0 Å². The molecule has 8 heteroatoms. The van der Waals surface area contributed by atoms with Gasteiger partial charge in [-0.05, 0) is 51.3 Å². The number of hydrogen-bond donors (Lipinski definition) is 1. The topological polar surface area (TPSA) is 75.7 Å². The fraction of sp³-hybridized carbons (Fsp3) is 0.588. The van der Waals surface area contributed by atoms with E-state index >= 15 is 0 Å². The van der Waals surface area contributed by atoms with Gasteiger partial charge in [0.2, 0.25) is 10.0 Å².